The Morgan fingerprint density at radius 3 is 2.76 bits per heavy atom. The van der Waals surface area contributed by atoms with Crippen LogP contribution < -0.4 is 4.74 Å². The predicted octanol–water partition coefficient (Wildman–Crippen LogP) is 5.35. The molecule has 3 aromatic heterocycles. The molecule has 0 bridgehead atoms. The zero-order chi connectivity index (χ0) is 22.9. The maximum absolute atomic E-state index is 14.8. The fourth-order valence-electron chi connectivity index (χ4n) is 4.13. The second-order valence-corrected chi connectivity index (χ2v) is 9.55. The first-order chi connectivity index (χ1) is 16.0. The standard InChI is InChI=1S/C24H24ClFN4O2S/c1-15-16(5-6-17(21(15)25)32-13-11-30-9-7-29(2)8-10-30)19-20-23(26)27-14-28-24(20)33-22(19)18-4-3-12-31-18/h3-6,12,14H,7-11,13H2,1-2H3. The molecule has 0 saturated carbocycles. The van der Waals surface area contributed by atoms with Gasteiger partial charge in [-0.15, -0.1) is 11.3 Å². The molecule has 172 valence electrons. The highest BCUT2D eigenvalue weighted by molar-refractivity contribution is 7.22. The lowest BCUT2D eigenvalue weighted by atomic mass is 9.97. The number of likely N-dealkylation sites (N-methyl/N-ethyl adjacent to an activating group) is 1. The first-order valence-corrected chi connectivity index (χ1v) is 12.0. The Hall–Kier alpha value is -2.52. The Balaban J connectivity index is 1.46. The summed E-state index contributed by atoms with van der Waals surface area (Å²) in [6.45, 7) is 7.56. The number of ether oxygens (including phenoxy) is 1. The minimum absolute atomic E-state index is 0.372. The van der Waals surface area contributed by atoms with Crippen molar-refractivity contribution in [2.45, 2.75) is 6.92 Å². The van der Waals surface area contributed by atoms with Crippen molar-refractivity contribution in [3.05, 3.63) is 53.4 Å². The third kappa shape index (κ3) is 4.36. The highest BCUT2D eigenvalue weighted by Gasteiger charge is 2.24. The van der Waals surface area contributed by atoms with Gasteiger partial charge in [0.1, 0.15) is 29.3 Å². The Kier molecular flexibility index (Phi) is 6.34. The van der Waals surface area contributed by atoms with Crippen LogP contribution in [0.15, 0.2) is 41.3 Å². The van der Waals surface area contributed by atoms with Gasteiger partial charge in [0.25, 0.3) is 0 Å². The minimum Gasteiger partial charge on any atom is -0.491 e. The molecule has 0 spiro atoms. The highest BCUT2D eigenvalue weighted by Crippen LogP contribution is 2.47. The molecule has 9 heteroatoms. The van der Waals surface area contributed by atoms with Crippen molar-refractivity contribution in [3.63, 3.8) is 0 Å². The van der Waals surface area contributed by atoms with Gasteiger partial charge in [-0.1, -0.05) is 17.7 Å². The molecule has 0 atom stereocenters. The number of halogens is 2. The minimum atomic E-state index is -0.563. The van der Waals surface area contributed by atoms with Crippen molar-refractivity contribution in [3.8, 4) is 27.5 Å². The largest absolute Gasteiger partial charge is 0.491 e. The Bertz CT molecular complexity index is 1270. The van der Waals surface area contributed by atoms with E-state index >= 15 is 0 Å². The van der Waals surface area contributed by atoms with Crippen LogP contribution in [-0.4, -0.2) is 66.1 Å². The van der Waals surface area contributed by atoms with Crippen molar-refractivity contribution in [1.29, 1.82) is 0 Å². The molecule has 0 unspecified atom stereocenters. The van der Waals surface area contributed by atoms with Gasteiger partial charge < -0.3 is 14.1 Å². The topological polar surface area (TPSA) is 54.6 Å². The molecular weight excluding hydrogens is 463 g/mol. The third-order valence-electron chi connectivity index (χ3n) is 6.07. The van der Waals surface area contributed by atoms with Crippen molar-refractivity contribution < 1.29 is 13.5 Å². The van der Waals surface area contributed by atoms with Crippen LogP contribution in [0.25, 0.3) is 32.0 Å². The molecule has 5 rings (SSSR count). The van der Waals surface area contributed by atoms with Crippen LogP contribution in [-0.2, 0) is 0 Å². The molecule has 1 aromatic carbocycles. The van der Waals surface area contributed by atoms with Crippen LogP contribution in [0.1, 0.15) is 5.56 Å². The van der Waals surface area contributed by atoms with Crippen LogP contribution in [0.5, 0.6) is 5.75 Å². The number of rotatable bonds is 6. The summed E-state index contributed by atoms with van der Waals surface area (Å²) in [6, 6.07) is 7.44. The van der Waals surface area contributed by atoms with Crippen molar-refractivity contribution in [2.24, 2.45) is 0 Å². The van der Waals surface area contributed by atoms with Crippen LogP contribution in [0, 0.1) is 12.9 Å². The summed E-state index contributed by atoms with van der Waals surface area (Å²) >= 11 is 8.10. The van der Waals surface area contributed by atoms with Crippen LogP contribution in [0.2, 0.25) is 5.02 Å². The van der Waals surface area contributed by atoms with Crippen LogP contribution >= 0.6 is 22.9 Å². The van der Waals surface area contributed by atoms with Gasteiger partial charge in [0.05, 0.1) is 21.5 Å². The summed E-state index contributed by atoms with van der Waals surface area (Å²) in [5.41, 5.74) is 2.30. The fourth-order valence-corrected chi connectivity index (χ4v) is 5.47. The normalized spacial score (nSPS) is 15.4. The molecule has 4 aromatic rings. The summed E-state index contributed by atoms with van der Waals surface area (Å²) in [5, 5.41) is 0.893. The van der Waals surface area contributed by atoms with Crippen molar-refractivity contribution in [2.75, 3.05) is 46.4 Å². The maximum Gasteiger partial charge on any atom is 0.225 e. The van der Waals surface area contributed by atoms with E-state index in [-0.39, 0.29) is 0 Å². The summed E-state index contributed by atoms with van der Waals surface area (Å²) < 4.78 is 26.5. The first-order valence-electron chi connectivity index (χ1n) is 10.8. The zero-order valence-corrected chi connectivity index (χ0v) is 20.0. The molecular formula is C24H24ClFN4O2S. The molecule has 0 radical (unpaired) electrons. The third-order valence-corrected chi connectivity index (χ3v) is 7.65. The number of aromatic nitrogens is 2. The molecule has 1 aliphatic rings. The second kappa shape index (κ2) is 9.38. The van der Waals surface area contributed by atoms with E-state index in [1.165, 1.54) is 17.7 Å². The highest BCUT2D eigenvalue weighted by atomic mass is 35.5. The lowest BCUT2D eigenvalue weighted by molar-refractivity contribution is 0.134. The first kappa shape index (κ1) is 22.3. The van der Waals surface area contributed by atoms with Gasteiger partial charge in [-0.25, -0.2) is 9.97 Å². The van der Waals surface area contributed by atoms with E-state index in [1.807, 2.05) is 31.2 Å². The molecule has 1 saturated heterocycles. The molecule has 33 heavy (non-hydrogen) atoms. The maximum atomic E-state index is 14.8. The smallest absolute Gasteiger partial charge is 0.225 e. The van der Waals surface area contributed by atoms with Crippen molar-refractivity contribution in [1.82, 2.24) is 19.8 Å². The number of hydrogen-bond donors (Lipinski definition) is 0. The second-order valence-electron chi connectivity index (χ2n) is 8.17. The monoisotopic (exact) mass is 486 g/mol. The molecule has 1 aliphatic heterocycles. The van der Waals surface area contributed by atoms with E-state index in [4.69, 9.17) is 20.8 Å². The summed E-state index contributed by atoms with van der Waals surface area (Å²) in [7, 11) is 2.14. The number of fused-ring (bicyclic) bond motifs is 1. The van der Waals surface area contributed by atoms with Gasteiger partial charge in [-0.3, -0.25) is 4.90 Å². The van der Waals surface area contributed by atoms with Gasteiger partial charge >= 0.3 is 0 Å². The van der Waals surface area contributed by atoms with E-state index in [0.717, 1.165) is 48.7 Å². The molecule has 1 fully saturated rings. The van der Waals surface area contributed by atoms with E-state index in [9.17, 15) is 4.39 Å². The van der Waals surface area contributed by atoms with Gasteiger partial charge in [0.2, 0.25) is 5.95 Å². The summed E-state index contributed by atoms with van der Waals surface area (Å²) in [6.07, 6.45) is 2.84. The van der Waals surface area contributed by atoms with Gasteiger partial charge in [-0.2, -0.15) is 4.39 Å². The number of nitrogens with zero attached hydrogens (tertiary/aromatic N) is 4. The van der Waals surface area contributed by atoms with Gasteiger partial charge in [-0.05, 0) is 43.3 Å². The van der Waals surface area contributed by atoms with E-state index in [1.54, 1.807) is 6.26 Å². The molecule has 6 nitrogen and oxygen atoms in total. The number of furan rings is 1. The average Bonchev–Trinajstić information content (AvgIpc) is 3.47. The average molecular weight is 487 g/mol. The van der Waals surface area contributed by atoms with E-state index in [0.29, 0.717) is 38.9 Å². The molecule has 0 N–H and O–H groups in total. The summed E-state index contributed by atoms with van der Waals surface area (Å²) in [5.74, 6) is 0.713. The van der Waals surface area contributed by atoms with Crippen molar-refractivity contribution >= 4 is 33.2 Å². The Labute approximate surface area is 200 Å². The SMILES string of the molecule is Cc1c(-c2c(-c3ccco3)sc3ncnc(F)c23)ccc(OCCN2CCN(C)CC2)c1Cl. The zero-order valence-electron chi connectivity index (χ0n) is 18.5. The van der Waals surface area contributed by atoms with Gasteiger partial charge in [0.15, 0.2) is 0 Å². The molecule has 4 heterocycles. The van der Waals surface area contributed by atoms with E-state index in [2.05, 4.69) is 26.8 Å². The predicted molar refractivity (Wildman–Crippen MR) is 130 cm³/mol. The number of hydrogen-bond acceptors (Lipinski definition) is 7. The van der Waals surface area contributed by atoms with Crippen LogP contribution in [0.4, 0.5) is 4.39 Å². The quantitative estimate of drug-likeness (QED) is 0.343. The number of thiophene rings is 1. The lowest BCUT2D eigenvalue weighted by Crippen LogP contribution is -2.45. The molecule has 0 aliphatic carbocycles. The molecule has 0 amide bonds. The Morgan fingerprint density at radius 2 is 2.00 bits per heavy atom. The number of benzene rings is 1. The number of piperazine rings is 1. The lowest BCUT2D eigenvalue weighted by Gasteiger charge is -2.32. The summed E-state index contributed by atoms with van der Waals surface area (Å²) in [4.78, 5) is 14.1. The fraction of sp³-hybridized carbons (Fsp3) is 0.333. The van der Waals surface area contributed by atoms with Crippen LogP contribution in [0.3, 0.4) is 0 Å². The Morgan fingerprint density at radius 1 is 1.18 bits per heavy atom. The van der Waals surface area contributed by atoms with Gasteiger partial charge in [0, 0.05) is 38.3 Å². The van der Waals surface area contributed by atoms with E-state index < -0.39 is 5.95 Å².